The van der Waals surface area contributed by atoms with Crippen LogP contribution in [0.15, 0.2) is 12.3 Å². The Balaban J connectivity index is 3.28. The summed E-state index contributed by atoms with van der Waals surface area (Å²) in [5.74, 6) is 0.00501. The molecule has 1 rings (SSSR count). The zero-order valence-electron chi connectivity index (χ0n) is 5.85. The van der Waals surface area contributed by atoms with Crippen LogP contribution < -0.4 is 5.73 Å². The summed E-state index contributed by atoms with van der Waals surface area (Å²) in [6, 6.07) is 0. The molecule has 0 amide bonds. The lowest BCUT2D eigenvalue weighted by Crippen LogP contribution is -1.90. The Morgan fingerprint density at radius 3 is 3.00 bits per heavy atom. The summed E-state index contributed by atoms with van der Waals surface area (Å²) in [5, 5.41) is 0. The molecule has 0 saturated heterocycles. The number of nitrogens with two attached hydrogens (primary N) is 1. The minimum absolute atomic E-state index is 0.00501. The maximum Gasteiger partial charge on any atom is 0.141 e. The Kier molecular flexibility index (Phi) is 1.01. The number of anilines is 1. The first-order valence-electron chi connectivity index (χ1n) is 2.87. The number of halogens is 1. The van der Waals surface area contributed by atoms with Crippen LogP contribution >= 0.6 is 22.6 Å². The third-order valence-corrected chi connectivity index (χ3v) is 1.02. The quantitative estimate of drug-likeness (QED) is 0.657. The third-order valence-electron chi connectivity index (χ3n) is 0.537. The molecule has 3 nitrogen and oxygen atoms in total. The van der Waals surface area contributed by atoms with Crippen LogP contribution in [-0.2, 0) is 0 Å². The van der Waals surface area contributed by atoms with Gasteiger partial charge in [-0.05, 0) is 22.6 Å². The van der Waals surface area contributed by atoms with Crippen molar-refractivity contribution < 1.29 is 2.74 Å². The van der Waals surface area contributed by atoms with E-state index in [0.717, 1.165) is 0 Å². The molecule has 1 heterocycles. The molecule has 0 aliphatic rings. The third kappa shape index (κ3) is 1.29. The van der Waals surface area contributed by atoms with Gasteiger partial charge < -0.3 is 5.73 Å². The fourth-order valence-corrected chi connectivity index (χ4v) is 0.504. The average Bonchev–Trinajstić information content (AvgIpc) is 1.84. The fourth-order valence-electron chi connectivity index (χ4n) is 0.263. The van der Waals surface area contributed by atoms with Crippen LogP contribution in [0.5, 0.6) is 0 Å². The van der Waals surface area contributed by atoms with Crippen molar-refractivity contribution in [2.45, 2.75) is 0 Å². The van der Waals surface area contributed by atoms with Crippen LogP contribution in [0.25, 0.3) is 0 Å². The van der Waals surface area contributed by atoms with E-state index in [4.69, 9.17) is 8.48 Å². The van der Waals surface area contributed by atoms with Gasteiger partial charge in [-0.1, -0.05) is 0 Å². The van der Waals surface area contributed by atoms with E-state index in [0.29, 0.717) is 3.70 Å². The van der Waals surface area contributed by atoms with Crippen molar-refractivity contribution >= 4 is 28.4 Å². The molecule has 1 aromatic heterocycles. The molecule has 0 atom stereocenters. The Morgan fingerprint density at radius 2 is 2.38 bits per heavy atom. The lowest BCUT2D eigenvalue weighted by atomic mass is 10.7. The van der Waals surface area contributed by atoms with Crippen molar-refractivity contribution in [2.24, 2.45) is 0 Å². The highest BCUT2D eigenvalue weighted by molar-refractivity contribution is 14.1. The van der Waals surface area contributed by atoms with Gasteiger partial charge in [-0.2, -0.15) is 0 Å². The van der Waals surface area contributed by atoms with Gasteiger partial charge in [0.1, 0.15) is 9.52 Å². The summed E-state index contributed by atoms with van der Waals surface area (Å²) >= 11 is 1.83. The fraction of sp³-hybridized carbons (Fsp3) is 0. The Labute approximate surface area is 63.3 Å². The Hall–Kier alpha value is -0.390. The topological polar surface area (TPSA) is 51.8 Å². The molecule has 2 N–H and O–H groups in total. The molecular formula is C4H4IN3. The van der Waals surface area contributed by atoms with E-state index in [1.165, 1.54) is 0 Å². The molecule has 8 heavy (non-hydrogen) atoms. The Morgan fingerprint density at radius 1 is 1.62 bits per heavy atom. The van der Waals surface area contributed by atoms with Crippen LogP contribution in [0.2, 0.25) is 0 Å². The summed E-state index contributed by atoms with van der Waals surface area (Å²) in [6.45, 7) is 0. The predicted octanol–water partition coefficient (Wildman–Crippen LogP) is 0.663. The van der Waals surface area contributed by atoms with E-state index in [9.17, 15) is 0 Å². The number of hydrogen-bond acceptors (Lipinski definition) is 3. The van der Waals surface area contributed by atoms with E-state index < -0.39 is 0 Å². The van der Waals surface area contributed by atoms with Gasteiger partial charge in [0, 0.05) is 0 Å². The molecule has 0 unspecified atom stereocenters. The standard InChI is InChI=1S/C4H4IN3/c5-3-1-8-4(6)2-7-3/h1-2H,(H2,6,8)/i1D,2D. The second kappa shape index (κ2) is 2.25. The molecular weight excluding hydrogens is 217 g/mol. The highest BCUT2D eigenvalue weighted by Gasteiger charge is 1.84. The van der Waals surface area contributed by atoms with E-state index in [1.54, 1.807) is 0 Å². The van der Waals surface area contributed by atoms with Crippen molar-refractivity contribution in [1.29, 1.82) is 0 Å². The van der Waals surface area contributed by atoms with Gasteiger partial charge in [0.2, 0.25) is 0 Å². The largest absolute Gasteiger partial charge is 0.382 e. The first kappa shape index (κ1) is 3.60. The number of hydrogen-bond donors (Lipinski definition) is 1. The number of rotatable bonds is 0. The van der Waals surface area contributed by atoms with Crippen molar-refractivity contribution in [3.63, 3.8) is 0 Å². The molecule has 1 aromatic rings. The highest BCUT2D eigenvalue weighted by atomic mass is 127. The van der Waals surface area contributed by atoms with Crippen molar-refractivity contribution in [2.75, 3.05) is 5.73 Å². The molecule has 0 aliphatic carbocycles. The van der Waals surface area contributed by atoms with Gasteiger partial charge in [-0.3, -0.25) is 0 Å². The van der Waals surface area contributed by atoms with E-state index in [1.807, 2.05) is 22.6 Å². The predicted molar refractivity (Wildman–Crippen MR) is 39.2 cm³/mol. The van der Waals surface area contributed by atoms with Gasteiger partial charge in [0.25, 0.3) is 0 Å². The van der Waals surface area contributed by atoms with Crippen molar-refractivity contribution in [3.05, 3.63) is 16.0 Å². The van der Waals surface area contributed by atoms with Crippen molar-refractivity contribution in [1.82, 2.24) is 9.97 Å². The van der Waals surface area contributed by atoms with Gasteiger partial charge in [0.15, 0.2) is 0 Å². The number of nitrogen functional groups attached to an aromatic ring is 1. The maximum atomic E-state index is 7.11. The van der Waals surface area contributed by atoms with Crippen LogP contribution in [0.3, 0.4) is 0 Å². The number of aromatic nitrogens is 2. The first-order valence-corrected chi connectivity index (χ1v) is 2.95. The second-order valence-electron chi connectivity index (χ2n) is 1.12. The zero-order chi connectivity index (χ0) is 7.72. The van der Waals surface area contributed by atoms with Crippen molar-refractivity contribution in [3.8, 4) is 0 Å². The van der Waals surface area contributed by atoms with Crippen LogP contribution in [0, 0.1) is 3.70 Å². The van der Waals surface area contributed by atoms with Gasteiger partial charge >= 0.3 is 0 Å². The van der Waals surface area contributed by atoms with E-state index in [-0.39, 0.29) is 18.2 Å². The molecule has 0 saturated carbocycles. The van der Waals surface area contributed by atoms with E-state index in [2.05, 4.69) is 9.97 Å². The van der Waals surface area contributed by atoms with Gasteiger partial charge in [-0.15, -0.1) is 0 Å². The Bertz CT molecular complexity index is 215. The smallest absolute Gasteiger partial charge is 0.141 e. The molecule has 42 valence electrons. The highest BCUT2D eigenvalue weighted by Crippen LogP contribution is 1.97. The molecule has 0 spiro atoms. The molecule has 0 aliphatic heterocycles. The lowest BCUT2D eigenvalue weighted by molar-refractivity contribution is 1.17. The zero-order valence-corrected chi connectivity index (χ0v) is 6.01. The molecule has 0 fully saturated rings. The molecule has 0 aromatic carbocycles. The second-order valence-corrected chi connectivity index (χ2v) is 2.15. The van der Waals surface area contributed by atoms with Crippen LogP contribution in [0.4, 0.5) is 5.82 Å². The van der Waals surface area contributed by atoms with Gasteiger partial charge in [-0.25, -0.2) is 9.97 Å². The van der Waals surface area contributed by atoms with Crippen LogP contribution in [0.1, 0.15) is 2.74 Å². The minimum atomic E-state index is -0.0691. The van der Waals surface area contributed by atoms with Crippen LogP contribution in [-0.4, -0.2) is 9.97 Å². The normalized spacial score (nSPS) is 12.6. The molecule has 0 bridgehead atoms. The average molecular weight is 223 g/mol. The maximum absolute atomic E-state index is 7.11. The SMILES string of the molecule is [2H]c1nc(I)c([2H])nc1N. The molecule has 0 radical (unpaired) electrons. The molecule has 4 heteroatoms. The lowest BCUT2D eigenvalue weighted by Gasteiger charge is -1.87. The minimum Gasteiger partial charge on any atom is -0.382 e. The number of nitrogens with zero attached hydrogens (tertiary/aromatic N) is 2. The first-order chi connectivity index (χ1) is 4.61. The van der Waals surface area contributed by atoms with E-state index >= 15 is 0 Å². The summed E-state index contributed by atoms with van der Waals surface area (Å²) < 4.78 is 14.6. The monoisotopic (exact) mass is 223 g/mol. The van der Waals surface area contributed by atoms with Gasteiger partial charge in [0.05, 0.1) is 15.1 Å². The summed E-state index contributed by atoms with van der Waals surface area (Å²) in [4.78, 5) is 7.21. The summed E-state index contributed by atoms with van der Waals surface area (Å²) in [5.41, 5.74) is 5.21. The summed E-state index contributed by atoms with van der Waals surface area (Å²) in [7, 11) is 0. The summed E-state index contributed by atoms with van der Waals surface area (Å²) in [6.07, 6.45) is -0.0468.